The lowest BCUT2D eigenvalue weighted by atomic mass is 9.94. The summed E-state index contributed by atoms with van der Waals surface area (Å²) in [6, 6.07) is 9.45. The number of rotatable bonds is 4. The maximum atomic E-state index is 13.2. The van der Waals surface area contributed by atoms with Crippen LogP contribution >= 0.6 is 22.9 Å². The second-order valence-corrected chi connectivity index (χ2v) is 9.94. The summed E-state index contributed by atoms with van der Waals surface area (Å²) in [7, 11) is 2.14. The van der Waals surface area contributed by atoms with E-state index in [2.05, 4.69) is 41.6 Å². The first-order chi connectivity index (χ1) is 14.4. The molecule has 2 atom stereocenters. The summed E-state index contributed by atoms with van der Waals surface area (Å²) >= 11 is 7.14. The van der Waals surface area contributed by atoms with Gasteiger partial charge in [0.25, 0.3) is 11.8 Å². The lowest BCUT2D eigenvalue weighted by Gasteiger charge is -2.27. The van der Waals surface area contributed by atoms with Crippen molar-refractivity contribution < 1.29 is 14.3 Å². The topological polar surface area (TPSA) is 70.7 Å². The zero-order valence-corrected chi connectivity index (χ0v) is 18.7. The highest BCUT2D eigenvalue weighted by Crippen LogP contribution is 2.29. The Morgan fingerprint density at radius 3 is 2.83 bits per heavy atom. The van der Waals surface area contributed by atoms with Gasteiger partial charge in [-0.05, 0) is 54.8 Å². The summed E-state index contributed by atoms with van der Waals surface area (Å²) < 4.78 is 6.03. The van der Waals surface area contributed by atoms with Gasteiger partial charge in [-0.2, -0.15) is 0 Å². The molecule has 1 fully saturated rings. The summed E-state index contributed by atoms with van der Waals surface area (Å²) in [6.07, 6.45) is 1.43. The minimum absolute atomic E-state index is 0.149. The molecule has 1 saturated heterocycles. The number of ether oxygens (including phenoxy) is 1. The Balaban J connectivity index is 1.52. The Bertz CT molecular complexity index is 955. The first-order valence-corrected chi connectivity index (χ1v) is 11.3. The fourth-order valence-corrected chi connectivity index (χ4v) is 5.13. The van der Waals surface area contributed by atoms with E-state index in [0.717, 1.165) is 25.2 Å². The summed E-state index contributed by atoms with van der Waals surface area (Å²) in [6.45, 7) is 4.80. The summed E-state index contributed by atoms with van der Waals surface area (Å²) in [5.74, 6) is -0.183. The molecule has 1 aromatic carbocycles. The van der Waals surface area contributed by atoms with Crippen molar-refractivity contribution in [3.05, 3.63) is 50.7 Å². The molecule has 0 saturated carbocycles. The van der Waals surface area contributed by atoms with Crippen LogP contribution in [0.4, 0.5) is 5.69 Å². The van der Waals surface area contributed by atoms with E-state index in [0.29, 0.717) is 28.2 Å². The van der Waals surface area contributed by atoms with Crippen molar-refractivity contribution in [3.63, 3.8) is 0 Å². The first kappa shape index (κ1) is 21.3. The van der Waals surface area contributed by atoms with Gasteiger partial charge in [0.1, 0.15) is 5.54 Å². The number of hydrogen-bond acceptors (Lipinski definition) is 5. The van der Waals surface area contributed by atoms with E-state index < -0.39 is 5.54 Å². The summed E-state index contributed by atoms with van der Waals surface area (Å²) in [5.41, 5.74) is 2.25. The van der Waals surface area contributed by atoms with Gasteiger partial charge in [0.05, 0.1) is 15.8 Å². The molecule has 0 spiro atoms. The maximum Gasteiger partial charge on any atom is 0.262 e. The largest absolute Gasteiger partial charge is 0.378 e. The number of thiophene rings is 1. The van der Waals surface area contributed by atoms with Gasteiger partial charge in [-0.1, -0.05) is 24.6 Å². The SMILES string of the molecule is CC1CN(C)CCc2ccc(NC(=O)[C@]3(NC(=O)c4ccc(Cl)s4)CCOC3)cc21. The first-order valence-electron chi connectivity index (χ1n) is 10.1. The molecule has 2 N–H and O–H groups in total. The van der Waals surface area contributed by atoms with Crippen molar-refractivity contribution in [1.82, 2.24) is 10.2 Å². The average molecular weight is 448 g/mol. The molecule has 3 heterocycles. The molecular weight excluding hydrogens is 422 g/mol. The third-order valence-electron chi connectivity index (χ3n) is 5.89. The Morgan fingerprint density at radius 1 is 1.30 bits per heavy atom. The van der Waals surface area contributed by atoms with Crippen LogP contribution < -0.4 is 10.6 Å². The highest BCUT2D eigenvalue weighted by atomic mass is 35.5. The number of carbonyl (C=O) groups is 2. The van der Waals surface area contributed by atoms with E-state index in [1.165, 1.54) is 22.5 Å². The molecule has 0 bridgehead atoms. The molecule has 8 heteroatoms. The van der Waals surface area contributed by atoms with E-state index in [4.69, 9.17) is 16.3 Å². The molecule has 1 aromatic heterocycles. The Kier molecular flexibility index (Phi) is 6.16. The third kappa shape index (κ3) is 4.39. The van der Waals surface area contributed by atoms with Crippen LogP contribution in [0, 0.1) is 0 Å². The minimum atomic E-state index is -1.09. The molecule has 160 valence electrons. The quantitative estimate of drug-likeness (QED) is 0.752. The van der Waals surface area contributed by atoms with Gasteiger partial charge in [-0.15, -0.1) is 11.3 Å². The normalized spacial score (nSPS) is 24.2. The zero-order chi connectivity index (χ0) is 21.3. The van der Waals surface area contributed by atoms with Gasteiger partial charge in [0.2, 0.25) is 0 Å². The average Bonchev–Trinajstić information content (AvgIpc) is 3.33. The van der Waals surface area contributed by atoms with Crippen LogP contribution in [-0.4, -0.2) is 55.6 Å². The number of amides is 2. The van der Waals surface area contributed by atoms with Crippen molar-refractivity contribution in [2.75, 3.05) is 38.7 Å². The molecule has 2 aromatic rings. The van der Waals surface area contributed by atoms with Crippen molar-refractivity contribution in [2.24, 2.45) is 0 Å². The van der Waals surface area contributed by atoms with Crippen LogP contribution in [0.25, 0.3) is 0 Å². The molecule has 6 nitrogen and oxygen atoms in total. The number of anilines is 1. The number of fused-ring (bicyclic) bond motifs is 1. The van der Waals surface area contributed by atoms with Crippen LogP contribution in [0.15, 0.2) is 30.3 Å². The summed E-state index contributed by atoms with van der Waals surface area (Å²) in [5, 5.41) is 5.92. The Morgan fingerprint density at radius 2 is 2.13 bits per heavy atom. The molecule has 30 heavy (non-hydrogen) atoms. The zero-order valence-electron chi connectivity index (χ0n) is 17.2. The number of likely N-dealkylation sites (N-methyl/N-ethyl adjacent to an activating group) is 1. The molecule has 2 amide bonds. The van der Waals surface area contributed by atoms with Crippen LogP contribution in [-0.2, 0) is 16.0 Å². The van der Waals surface area contributed by atoms with Crippen molar-refractivity contribution in [3.8, 4) is 0 Å². The lowest BCUT2D eigenvalue weighted by Crippen LogP contribution is -2.57. The predicted molar refractivity (Wildman–Crippen MR) is 120 cm³/mol. The maximum absolute atomic E-state index is 13.2. The van der Waals surface area contributed by atoms with Gasteiger partial charge in [-0.25, -0.2) is 0 Å². The van der Waals surface area contributed by atoms with Gasteiger partial charge < -0.3 is 20.3 Å². The molecule has 2 aliphatic heterocycles. The van der Waals surface area contributed by atoms with Crippen molar-refractivity contribution in [1.29, 1.82) is 0 Å². The standard InChI is InChI=1S/C22H26ClN3O3S/c1-14-12-26(2)9-7-15-3-4-16(11-17(14)15)24-21(28)22(8-10-29-13-22)25-20(27)18-5-6-19(23)30-18/h3-6,11,14H,7-10,12-13H2,1-2H3,(H,24,28)(H,25,27)/t14?,22-/m0/s1. The van der Waals surface area contributed by atoms with Gasteiger partial charge in [0.15, 0.2) is 0 Å². The van der Waals surface area contributed by atoms with E-state index >= 15 is 0 Å². The van der Waals surface area contributed by atoms with E-state index in [-0.39, 0.29) is 18.4 Å². The number of nitrogens with one attached hydrogen (secondary N) is 2. The monoisotopic (exact) mass is 447 g/mol. The van der Waals surface area contributed by atoms with Crippen LogP contribution in [0.3, 0.4) is 0 Å². The fraction of sp³-hybridized carbons (Fsp3) is 0.455. The van der Waals surface area contributed by atoms with E-state index in [9.17, 15) is 9.59 Å². The van der Waals surface area contributed by atoms with Crippen molar-refractivity contribution in [2.45, 2.75) is 31.2 Å². The van der Waals surface area contributed by atoms with E-state index in [1.807, 2.05) is 6.07 Å². The fourth-order valence-electron chi connectivity index (χ4n) is 4.19. The number of halogens is 1. The second-order valence-electron chi connectivity index (χ2n) is 8.22. The van der Waals surface area contributed by atoms with Crippen LogP contribution in [0.1, 0.15) is 40.1 Å². The smallest absolute Gasteiger partial charge is 0.262 e. The molecule has 2 aliphatic rings. The Labute approximate surface area is 185 Å². The van der Waals surface area contributed by atoms with Crippen LogP contribution in [0.5, 0.6) is 0 Å². The highest BCUT2D eigenvalue weighted by Gasteiger charge is 2.44. The third-order valence-corrected chi connectivity index (χ3v) is 7.12. The highest BCUT2D eigenvalue weighted by molar-refractivity contribution is 7.18. The van der Waals surface area contributed by atoms with E-state index in [1.54, 1.807) is 12.1 Å². The Hall–Kier alpha value is -1.93. The number of benzene rings is 1. The molecule has 0 aliphatic carbocycles. The van der Waals surface area contributed by atoms with Gasteiger partial charge >= 0.3 is 0 Å². The van der Waals surface area contributed by atoms with Crippen molar-refractivity contribution >= 4 is 40.4 Å². The number of carbonyl (C=O) groups excluding carboxylic acids is 2. The van der Waals surface area contributed by atoms with Gasteiger partial charge in [0, 0.05) is 31.8 Å². The molecule has 4 rings (SSSR count). The lowest BCUT2D eigenvalue weighted by molar-refractivity contribution is -0.122. The summed E-state index contributed by atoms with van der Waals surface area (Å²) in [4.78, 5) is 28.7. The van der Waals surface area contributed by atoms with Crippen LogP contribution in [0.2, 0.25) is 4.34 Å². The van der Waals surface area contributed by atoms with Gasteiger partial charge in [-0.3, -0.25) is 9.59 Å². The minimum Gasteiger partial charge on any atom is -0.378 e. The second kappa shape index (κ2) is 8.67. The number of hydrogen-bond donors (Lipinski definition) is 2. The predicted octanol–water partition coefficient (Wildman–Crippen LogP) is 3.52. The number of nitrogens with zero attached hydrogens (tertiary/aromatic N) is 1. The molecular formula is C22H26ClN3O3S. The molecule has 0 radical (unpaired) electrons. The molecule has 1 unspecified atom stereocenters.